The maximum absolute atomic E-state index is 12.7. The number of hydrogen-bond donors (Lipinski definition) is 1. The van der Waals surface area contributed by atoms with E-state index in [1.165, 1.54) is 0 Å². The Balaban J connectivity index is 1.89. The van der Waals surface area contributed by atoms with Crippen molar-refractivity contribution in [2.75, 3.05) is 6.54 Å². The monoisotopic (exact) mass is 301 g/mol. The molecule has 1 aliphatic heterocycles. The molecule has 5 heteroatoms. The first kappa shape index (κ1) is 14.6. The van der Waals surface area contributed by atoms with Crippen LogP contribution in [-0.4, -0.2) is 34.5 Å². The van der Waals surface area contributed by atoms with Crippen molar-refractivity contribution in [2.24, 2.45) is 5.92 Å². The second kappa shape index (κ2) is 5.48. The van der Waals surface area contributed by atoms with Gasteiger partial charge >= 0.3 is 5.97 Å². The van der Waals surface area contributed by atoms with Gasteiger partial charge in [-0.1, -0.05) is 11.6 Å². The lowest BCUT2D eigenvalue weighted by atomic mass is 9.90. The number of aliphatic carboxylic acids is 1. The predicted octanol–water partition coefficient (Wildman–Crippen LogP) is 3.07. The molecule has 2 atom stereocenters. The summed E-state index contributed by atoms with van der Waals surface area (Å²) in [5.74, 6) is -1.31. The summed E-state index contributed by atoms with van der Waals surface area (Å²) in [5.41, 5.74) is 1.78. The van der Waals surface area contributed by atoms with Crippen molar-refractivity contribution in [1.29, 1.82) is 0 Å². The van der Waals surface area contributed by atoms with Crippen LogP contribution in [0.3, 0.4) is 0 Å². The smallest absolute Gasteiger partial charge is 0.308 e. The number of carbonyl (C=O) groups excluding carboxylic acids is 1. The number of amides is 1. The highest BCUT2D eigenvalue weighted by atomic mass is 16.4. The zero-order valence-corrected chi connectivity index (χ0v) is 12.7. The maximum Gasteiger partial charge on any atom is 0.308 e. The summed E-state index contributed by atoms with van der Waals surface area (Å²) in [6, 6.07) is 7.16. The summed E-state index contributed by atoms with van der Waals surface area (Å²) in [7, 11) is 0. The summed E-state index contributed by atoms with van der Waals surface area (Å²) in [6.45, 7) is 4.35. The third-order valence-corrected chi connectivity index (χ3v) is 4.45. The van der Waals surface area contributed by atoms with Gasteiger partial charge in [-0.2, -0.15) is 0 Å². The highest BCUT2D eigenvalue weighted by molar-refractivity contribution is 5.96. The molecule has 2 heterocycles. The van der Waals surface area contributed by atoms with Crippen molar-refractivity contribution in [3.8, 4) is 0 Å². The van der Waals surface area contributed by atoms with Gasteiger partial charge in [0.2, 0.25) is 0 Å². The number of likely N-dealkylation sites (tertiary alicyclic amines) is 1. The van der Waals surface area contributed by atoms with Crippen molar-refractivity contribution in [1.82, 2.24) is 4.90 Å². The van der Waals surface area contributed by atoms with Crippen LogP contribution in [0.25, 0.3) is 11.0 Å². The molecular weight excluding hydrogens is 282 g/mol. The average molecular weight is 301 g/mol. The van der Waals surface area contributed by atoms with E-state index in [1.54, 1.807) is 17.9 Å². The molecule has 116 valence electrons. The standard InChI is InChI=1S/C17H19NO4/c1-10-5-6-14-12(8-10)9-15(22-14)16(19)18-7-3-4-13(11(18)2)17(20)21/h5-6,8-9,11,13H,3-4,7H2,1-2H3,(H,20,21)/t11-,13-/m1/s1. The summed E-state index contributed by atoms with van der Waals surface area (Å²) < 4.78 is 5.64. The fourth-order valence-corrected chi connectivity index (χ4v) is 3.17. The fourth-order valence-electron chi connectivity index (χ4n) is 3.17. The molecule has 1 fully saturated rings. The highest BCUT2D eigenvalue weighted by Crippen LogP contribution is 2.27. The van der Waals surface area contributed by atoms with Gasteiger partial charge in [0, 0.05) is 18.0 Å². The summed E-state index contributed by atoms with van der Waals surface area (Å²) in [6.07, 6.45) is 1.31. The van der Waals surface area contributed by atoms with Crippen LogP contribution in [0.15, 0.2) is 28.7 Å². The molecule has 2 aromatic rings. The minimum Gasteiger partial charge on any atom is -0.481 e. The SMILES string of the molecule is Cc1ccc2oc(C(=O)N3CCC[C@@H](C(=O)O)[C@H]3C)cc2c1. The number of carbonyl (C=O) groups is 2. The van der Waals surface area contributed by atoms with E-state index in [0.29, 0.717) is 25.0 Å². The van der Waals surface area contributed by atoms with Crippen LogP contribution in [0.2, 0.25) is 0 Å². The van der Waals surface area contributed by atoms with Gasteiger partial charge in [-0.05, 0) is 44.9 Å². The van der Waals surface area contributed by atoms with Gasteiger partial charge in [0.1, 0.15) is 5.58 Å². The quantitative estimate of drug-likeness (QED) is 0.925. The number of rotatable bonds is 2. The summed E-state index contributed by atoms with van der Waals surface area (Å²) in [4.78, 5) is 25.6. The molecule has 3 rings (SSSR count). The molecule has 1 aromatic heterocycles. The zero-order valence-electron chi connectivity index (χ0n) is 12.7. The number of hydrogen-bond acceptors (Lipinski definition) is 3. The van der Waals surface area contributed by atoms with Crippen molar-refractivity contribution >= 4 is 22.8 Å². The lowest BCUT2D eigenvalue weighted by molar-refractivity contribution is -0.145. The number of piperidine rings is 1. The van der Waals surface area contributed by atoms with E-state index in [-0.39, 0.29) is 17.7 Å². The van der Waals surface area contributed by atoms with Gasteiger partial charge < -0.3 is 14.4 Å². The third-order valence-electron chi connectivity index (χ3n) is 4.45. The lowest BCUT2D eigenvalue weighted by Gasteiger charge is -2.36. The van der Waals surface area contributed by atoms with Crippen LogP contribution < -0.4 is 0 Å². The molecule has 1 N–H and O–H groups in total. The van der Waals surface area contributed by atoms with Gasteiger partial charge in [0.15, 0.2) is 5.76 Å². The van der Waals surface area contributed by atoms with Crippen LogP contribution in [0.1, 0.15) is 35.9 Å². The van der Waals surface area contributed by atoms with Crippen LogP contribution >= 0.6 is 0 Å². The van der Waals surface area contributed by atoms with Crippen molar-refractivity contribution in [3.05, 3.63) is 35.6 Å². The molecule has 0 aliphatic carbocycles. The Kier molecular flexibility index (Phi) is 3.64. The van der Waals surface area contributed by atoms with E-state index in [1.807, 2.05) is 25.1 Å². The predicted molar refractivity (Wildman–Crippen MR) is 81.8 cm³/mol. The van der Waals surface area contributed by atoms with E-state index in [9.17, 15) is 14.7 Å². The molecule has 0 saturated carbocycles. The molecule has 1 aliphatic rings. The van der Waals surface area contributed by atoms with Crippen LogP contribution in [0.4, 0.5) is 0 Å². The largest absolute Gasteiger partial charge is 0.481 e. The number of carboxylic acids is 1. The number of aryl methyl sites for hydroxylation is 1. The molecule has 0 radical (unpaired) electrons. The van der Waals surface area contributed by atoms with Gasteiger partial charge in [0.05, 0.1) is 5.92 Å². The van der Waals surface area contributed by atoms with E-state index in [2.05, 4.69) is 0 Å². The number of fused-ring (bicyclic) bond motifs is 1. The van der Waals surface area contributed by atoms with Gasteiger partial charge in [-0.3, -0.25) is 9.59 Å². The topological polar surface area (TPSA) is 70.8 Å². The molecule has 0 bridgehead atoms. The third kappa shape index (κ3) is 2.47. The van der Waals surface area contributed by atoms with Crippen molar-refractivity contribution < 1.29 is 19.1 Å². The minimum atomic E-state index is -0.842. The van der Waals surface area contributed by atoms with Crippen molar-refractivity contribution in [3.63, 3.8) is 0 Å². The molecule has 0 unspecified atom stereocenters. The number of benzene rings is 1. The first-order valence-corrected chi connectivity index (χ1v) is 7.51. The number of carboxylic acid groups (broad SMARTS) is 1. The van der Waals surface area contributed by atoms with Gasteiger partial charge in [-0.15, -0.1) is 0 Å². The molecule has 1 aromatic carbocycles. The summed E-state index contributed by atoms with van der Waals surface area (Å²) in [5, 5.41) is 10.2. The zero-order chi connectivity index (χ0) is 15.9. The normalized spacial score (nSPS) is 22.0. The molecule has 5 nitrogen and oxygen atoms in total. The highest BCUT2D eigenvalue weighted by Gasteiger charge is 2.36. The number of furan rings is 1. The molecule has 1 amide bonds. The Morgan fingerprint density at radius 1 is 1.32 bits per heavy atom. The fraction of sp³-hybridized carbons (Fsp3) is 0.412. The first-order valence-electron chi connectivity index (χ1n) is 7.51. The van der Waals surface area contributed by atoms with Gasteiger partial charge in [0.25, 0.3) is 5.91 Å². The van der Waals surface area contributed by atoms with E-state index < -0.39 is 11.9 Å². The van der Waals surface area contributed by atoms with Crippen LogP contribution in [0.5, 0.6) is 0 Å². The Labute approximate surface area is 128 Å². The minimum absolute atomic E-state index is 0.229. The Bertz CT molecular complexity index is 733. The Morgan fingerprint density at radius 3 is 2.82 bits per heavy atom. The lowest BCUT2D eigenvalue weighted by Crippen LogP contribution is -2.49. The molecular formula is C17H19NO4. The van der Waals surface area contributed by atoms with E-state index >= 15 is 0 Å². The van der Waals surface area contributed by atoms with Crippen LogP contribution in [-0.2, 0) is 4.79 Å². The Morgan fingerprint density at radius 2 is 2.09 bits per heavy atom. The average Bonchev–Trinajstić information content (AvgIpc) is 2.89. The van der Waals surface area contributed by atoms with E-state index in [4.69, 9.17) is 4.42 Å². The van der Waals surface area contributed by atoms with Crippen molar-refractivity contribution in [2.45, 2.75) is 32.7 Å². The maximum atomic E-state index is 12.7. The van der Waals surface area contributed by atoms with Crippen LogP contribution in [0, 0.1) is 12.8 Å². The van der Waals surface area contributed by atoms with Gasteiger partial charge in [-0.25, -0.2) is 0 Å². The molecule has 1 saturated heterocycles. The Hall–Kier alpha value is -2.30. The second-order valence-electron chi connectivity index (χ2n) is 5.98. The molecule has 22 heavy (non-hydrogen) atoms. The number of nitrogens with zero attached hydrogens (tertiary/aromatic N) is 1. The summed E-state index contributed by atoms with van der Waals surface area (Å²) >= 11 is 0. The molecule has 0 spiro atoms. The van der Waals surface area contributed by atoms with E-state index in [0.717, 1.165) is 10.9 Å². The second-order valence-corrected chi connectivity index (χ2v) is 5.98. The first-order chi connectivity index (χ1) is 10.5.